The van der Waals surface area contributed by atoms with Gasteiger partial charge in [-0.3, -0.25) is 4.79 Å². The summed E-state index contributed by atoms with van der Waals surface area (Å²) < 4.78 is 43.3. The Kier molecular flexibility index (Phi) is 6.96. The second-order valence-corrected chi connectivity index (χ2v) is 6.91. The Morgan fingerprint density at radius 2 is 1.84 bits per heavy atom. The predicted molar refractivity (Wildman–Crippen MR) is 109 cm³/mol. The number of nitrogens with zero attached hydrogens (tertiary/aromatic N) is 6. The minimum atomic E-state index is -4.58. The van der Waals surface area contributed by atoms with Crippen molar-refractivity contribution >= 4 is 5.91 Å². The normalized spacial score (nSPS) is 12.3. The van der Waals surface area contributed by atoms with Gasteiger partial charge in [0.05, 0.1) is 24.0 Å². The van der Waals surface area contributed by atoms with E-state index < -0.39 is 17.9 Å². The zero-order chi connectivity index (χ0) is 23.3. The van der Waals surface area contributed by atoms with Gasteiger partial charge in [0.15, 0.2) is 11.5 Å². The molecule has 3 aromatic rings. The van der Waals surface area contributed by atoms with Gasteiger partial charge in [0.1, 0.15) is 12.3 Å². The van der Waals surface area contributed by atoms with Crippen LogP contribution in [0.5, 0.6) is 5.88 Å². The van der Waals surface area contributed by atoms with Crippen molar-refractivity contribution in [2.24, 2.45) is 0 Å². The predicted octanol–water partition coefficient (Wildman–Crippen LogP) is 3.59. The number of halogens is 3. The number of alkyl halides is 3. The maximum absolute atomic E-state index is 13.3. The Labute approximate surface area is 182 Å². The van der Waals surface area contributed by atoms with E-state index in [0.717, 1.165) is 6.20 Å². The topological polar surface area (TPSA) is 94.0 Å². The quantitative estimate of drug-likeness (QED) is 0.548. The van der Waals surface area contributed by atoms with Crippen molar-refractivity contribution in [3.8, 4) is 17.3 Å². The number of aryl methyl sites for hydroxylation is 1. The number of amides is 1. The van der Waals surface area contributed by atoms with Crippen LogP contribution in [0.4, 0.5) is 13.2 Å². The van der Waals surface area contributed by atoms with Crippen molar-refractivity contribution in [1.29, 1.82) is 0 Å². The number of likely N-dealkylation sites (N-methyl/N-ethyl adjacent to an activating group) is 1. The molecule has 0 unspecified atom stereocenters. The molecule has 0 aromatic carbocycles. The number of rotatable bonds is 7. The van der Waals surface area contributed by atoms with Crippen LogP contribution in [0.2, 0.25) is 0 Å². The highest BCUT2D eigenvalue weighted by Gasteiger charge is 2.33. The summed E-state index contributed by atoms with van der Waals surface area (Å²) in [7, 11) is 0. The summed E-state index contributed by atoms with van der Waals surface area (Å²) in [5.41, 5.74) is 0.262. The van der Waals surface area contributed by atoms with Gasteiger partial charge in [-0.25, -0.2) is 24.9 Å². The lowest BCUT2D eigenvalue weighted by Crippen LogP contribution is -2.42. The second kappa shape index (κ2) is 9.67. The fraction of sp³-hybridized carbons (Fsp3) is 0.333. The minimum absolute atomic E-state index is 0.00259. The molecule has 0 spiro atoms. The number of ether oxygens (including phenoxy) is 1. The zero-order valence-corrected chi connectivity index (χ0v) is 17.7. The fourth-order valence-electron chi connectivity index (χ4n) is 2.96. The second-order valence-electron chi connectivity index (χ2n) is 6.91. The molecule has 0 aliphatic carbocycles. The van der Waals surface area contributed by atoms with E-state index in [4.69, 9.17) is 4.74 Å². The van der Waals surface area contributed by atoms with Crippen LogP contribution in [0.3, 0.4) is 0 Å². The van der Waals surface area contributed by atoms with E-state index in [0.29, 0.717) is 29.8 Å². The summed E-state index contributed by atoms with van der Waals surface area (Å²) in [6, 6.07) is 4.77. The monoisotopic (exact) mass is 446 g/mol. The third-order valence-electron chi connectivity index (χ3n) is 4.57. The van der Waals surface area contributed by atoms with Crippen molar-refractivity contribution in [1.82, 2.24) is 29.8 Å². The summed E-state index contributed by atoms with van der Waals surface area (Å²) in [6.07, 6.45) is 0.0859. The Hall–Kier alpha value is -3.63. The summed E-state index contributed by atoms with van der Waals surface area (Å²) >= 11 is 0. The first-order valence-corrected chi connectivity index (χ1v) is 9.78. The van der Waals surface area contributed by atoms with E-state index in [9.17, 15) is 18.0 Å². The number of hydrogen-bond donors (Lipinski definition) is 0. The van der Waals surface area contributed by atoms with Gasteiger partial charge in [-0.05, 0) is 39.0 Å². The molecule has 3 rings (SSSR count). The molecule has 8 nitrogen and oxygen atoms in total. The van der Waals surface area contributed by atoms with E-state index in [1.807, 2.05) is 0 Å². The van der Waals surface area contributed by atoms with Gasteiger partial charge in [-0.2, -0.15) is 13.2 Å². The SMILES string of the molecule is CCN(C(=O)c1nc(C)ccc1-c1ncccn1)[C@@H](C)COc1cnc(C(F)(F)F)cn1. The number of carbonyl (C=O) groups is 1. The minimum Gasteiger partial charge on any atom is -0.474 e. The van der Waals surface area contributed by atoms with Gasteiger partial charge in [0.2, 0.25) is 5.88 Å². The molecule has 0 saturated heterocycles. The fourth-order valence-corrected chi connectivity index (χ4v) is 2.96. The maximum atomic E-state index is 13.3. The lowest BCUT2D eigenvalue weighted by molar-refractivity contribution is -0.141. The lowest BCUT2D eigenvalue weighted by Gasteiger charge is -2.28. The van der Waals surface area contributed by atoms with E-state index >= 15 is 0 Å². The molecular weight excluding hydrogens is 425 g/mol. The molecule has 1 atom stereocenters. The Bertz CT molecular complexity index is 1060. The van der Waals surface area contributed by atoms with Crippen LogP contribution < -0.4 is 4.74 Å². The highest BCUT2D eigenvalue weighted by atomic mass is 19.4. The number of pyridine rings is 1. The van der Waals surface area contributed by atoms with Gasteiger partial charge >= 0.3 is 6.18 Å². The molecule has 0 bridgehead atoms. The molecule has 3 aromatic heterocycles. The lowest BCUT2D eigenvalue weighted by atomic mass is 10.1. The van der Waals surface area contributed by atoms with Crippen molar-refractivity contribution in [2.45, 2.75) is 33.0 Å². The van der Waals surface area contributed by atoms with E-state index in [-0.39, 0.29) is 24.1 Å². The molecule has 0 fully saturated rings. The molecule has 0 aliphatic rings. The van der Waals surface area contributed by atoms with Crippen LogP contribution in [0.15, 0.2) is 43.0 Å². The highest BCUT2D eigenvalue weighted by molar-refractivity contribution is 5.98. The Morgan fingerprint density at radius 1 is 1.12 bits per heavy atom. The highest BCUT2D eigenvalue weighted by Crippen LogP contribution is 2.27. The van der Waals surface area contributed by atoms with E-state index in [1.54, 1.807) is 56.3 Å². The zero-order valence-electron chi connectivity index (χ0n) is 17.7. The first-order chi connectivity index (χ1) is 15.2. The van der Waals surface area contributed by atoms with Crippen LogP contribution in [0.25, 0.3) is 11.4 Å². The third-order valence-corrected chi connectivity index (χ3v) is 4.57. The van der Waals surface area contributed by atoms with Gasteiger partial charge in [-0.1, -0.05) is 0 Å². The maximum Gasteiger partial charge on any atom is 0.434 e. The van der Waals surface area contributed by atoms with Gasteiger partial charge in [0, 0.05) is 24.6 Å². The molecule has 11 heteroatoms. The first-order valence-electron chi connectivity index (χ1n) is 9.78. The molecule has 0 saturated carbocycles. The van der Waals surface area contributed by atoms with Crippen LogP contribution in [0, 0.1) is 6.92 Å². The van der Waals surface area contributed by atoms with E-state index in [1.165, 1.54) is 0 Å². The third kappa shape index (κ3) is 5.34. The summed E-state index contributed by atoms with van der Waals surface area (Å²) in [5.74, 6) is -0.0306. The molecule has 168 valence electrons. The van der Waals surface area contributed by atoms with Crippen LogP contribution in [0.1, 0.15) is 35.7 Å². The molecule has 0 aliphatic heterocycles. The average Bonchev–Trinajstić information content (AvgIpc) is 2.78. The summed E-state index contributed by atoms with van der Waals surface area (Å²) in [4.78, 5) is 34.7. The van der Waals surface area contributed by atoms with Gasteiger partial charge in [-0.15, -0.1) is 0 Å². The van der Waals surface area contributed by atoms with Gasteiger partial charge in [0.25, 0.3) is 5.91 Å². The van der Waals surface area contributed by atoms with Crippen molar-refractivity contribution in [3.05, 3.63) is 60.1 Å². The summed E-state index contributed by atoms with van der Waals surface area (Å²) in [6.45, 7) is 5.70. The molecule has 0 radical (unpaired) electrons. The number of hydrogen-bond acceptors (Lipinski definition) is 7. The van der Waals surface area contributed by atoms with Gasteiger partial charge < -0.3 is 9.64 Å². The Balaban J connectivity index is 1.77. The largest absolute Gasteiger partial charge is 0.474 e. The Morgan fingerprint density at radius 3 is 2.44 bits per heavy atom. The summed E-state index contributed by atoms with van der Waals surface area (Å²) in [5, 5.41) is 0. The van der Waals surface area contributed by atoms with Crippen LogP contribution in [-0.2, 0) is 6.18 Å². The van der Waals surface area contributed by atoms with Crippen LogP contribution in [-0.4, -0.2) is 54.9 Å². The molecule has 0 N–H and O–H groups in total. The molecule has 32 heavy (non-hydrogen) atoms. The first kappa shape index (κ1) is 23.0. The molecule has 3 heterocycles. The van der Waals surface area contributed by atoms with Crippen molar-refractivity contribution in [3.63, 3.8) is 0 Å². The van der Waals surface area contributed by atoms with E-state index in [2.05, 4.69) is 24.9 Å². The smallest absolute Gasteiger partial charge is 0.434 e. The van der Waals surface area contributed by atoms with Crippen molar-refractivity contribution in [2.75, 3.05) is 13.2 Å². The number of carbonyl (C=O) groups excluding carboxylic acids is 1. The molecule has 1 amide bonds. The van der Waals surface area contributed by atoms with Crippen molar-refractivity contribution < 1.29 is 22.7 Å². The standard InChI is InChI=1S/C21H21F3N6O2/c1-4-30(14(3)12-32-17-11-27-16(10-28-17)21(22,23)24)20(31)18-15(7-6-13(2)29-18)19-25-8-5-9-26-19/h5-11,14H,4,12H2,1-3H3/t14-/m0/s1. The molecular formula is C21H21F3N6O2. The number of aromatic nitrogens is 5. The van der Waals surface area contributed by atoms with Crippen LogP contribution >= 0.6 is 0 Å². The average molecular weight is 446 g/mol.